The second-order valence-electron chi connectivity index (χ2n) is 6.00. The Morgan fingerprint density at radius 1 is 1.07 bits per heavy atom. The predicted molar refractivity (Wildman–Crippen MR) is 113 cm³/mol. The second-order valence-corrected chi connectivity index (χ2v) is 6.39. The summed E-state index contributed by atoms with van der Waals surface area (Å²) in [6, 6.07) is 12.1. The minimum Gasteiger partial charge on any atom is -0.494 e. The van der Waals surface area contributed by atoms with Crippen LogP contribution in [0.1, 0.15) is 12.5 Å². The molecular weight excluding hydrogens is 392 g/mol. The van der Waals surface area contributed by atoms with Crippen molar-refractivity contribution in [1.82, 2.24) is 5.32 Å². The molecule has 1 saturated heterocycles. The van der Waals surface area contributed by atoms with Gasteiger partial charge in [-0.05, 0) is 55.0 Å². The highest BCUT2D eigenvalue weighted by Gasteiger charge is 2.34. The molecule has 0 atom stereocenters. The minimum absolute atomic E-state index is 0.0121. The minimum atomic E-state index is -0.563. The Balaban J connectivity index is 1.99. The summed E-state index contributed by atoms with van der Waals surface area (Å²) >= 11 is 5.23. The van der Waals surface area contributed by atoms with Gasteiger partial charge in [0, 0.05) is 6.07 Å². The Kier molecular flexibility index (Phi) is 6.13. The molecule has 0 radical (unpaired) electrons. The molecule has 2 aromatic rings. The normalized spacial score (nSPS) is 15.3. The van der Waals surface area contributed by atoms with Gasteiger partial charge in [0.1, 0.15) is 11.3 Å². The van der Waals surface area contributed by atoms with Crippen LogP contribution < -0.4 is 24.4 Å². The molecule has 0 aromatic heterocycles. The van der Waals surface area contributed by atoms with E-state index in [1.54, 1.807) is 42.5 Å². The predicted octanol–water partition coefficient (Wildman–Crippen LogP) is 2.93. The quantitative estimate of drug-likeness (QED) is 0.447. The van der Waals surface area contributed by atoms with Crippen molar-refractivity contribution < 1.29 is 23.8 Å². The summed E-state index contributed by atoms with van der Waals surface area (Å²) in [6.07, 6.45) is 1.49. The maximum absolute atomic E-state index is 13.1. The van der Waals surface area contributed by atoms with Gasteiger partial charge in [-0.1, -0.05) is 12.1 Å². The van der Waals surface area contributed by atoms with Gasteiger partial charge >= 0.3 is 0 Å². The average Bonchev–Trinajstić information content (AvgIpc) is 2.71. The maximum Gasteiger partial charge on any atom is 0.270 e. The first kappa shape index (κ1) is 20.3. The third kappa shape index (κ3) is 4.22. The van der Waals surface area contributed by atoms with E-state index in [1.807, 2.05) is 6.92 Å². The number of methoxy groups -OCH3 is 2. The van der Waals surface area contributed by atoms with E-state index < -0.39 is 11.8 Å². The van der Waals surface area contributed by atoms with E-state index in [4.69, 9.17) is 26.4 Å². The van der Waals surface area contributed by atoms with Crippen molar-refractivity contribution >= 4 is 40.9 Å². The first-order valence-electron chi connectivity index (χ1n) is 8.84. The topological polar surface area (TPSA) is 77.1 Å². The molecule has 1 aliphatic rings. The number of anilines is 1. The number of carbonyl (C=O) groups excluding carboxylic acids is 2. The Hall–Kier alpha value is -3.39. The van der Waals surface area contributed by atoms with E-state index in [1.165, 1.54) is 25.2 Å². The van der Waals surface area contributed by atoms with Gasteiger partial charge in [0.15, 0.2) is 16.6 Å². The van der Waals surface area contributed by atoms with Crippen molar-refractivity contribution in [2.45, 2.75) is 6.92 Å². The van der Waals surface area contributed by atoms with Gasteiger partial charge in [-0.3, -0.25) is 19.8 Å². The lowest BCUT2D eigenvalue weighted by Gasteiger charge is -2.29. The maximum atomic E-state index is 13.1. The fourth-order valence-electron chi connectivity index (χ4n) is 2.88. The molecule has 29 heavy (non-hydrogen) atoms. The van der Waals surface area contributed by atoms with Crippen molar-refractivity contribution in [2.24, 2.45) is 0 Å². The van der Waals surface area contributed by atoms with Crippen LogP contribution in [-0.4, -0.2) is 37.8 Å². The smallest absolute Gasteiger partial charge is 0.270 e. The molecule has 1 aliphatic heterocycles. The molecule has 1 fully saturated rings. The Bertz CT molecular complexity index is 1000. The Labute approximate surface area is 173 Å². The van der Waals surface area contributed by atoms with Crippen molar-refractivity contribution in [3.63, 3.8) is 0 Å². The lowest BCUT2D eigenvalue weighted by molar-refractivity contribution is -0.122. The number of benzene rings is 2. The molecule has 8 heteroatoms. The van der Waals surface area contributed by atoms with E-state index in [0.29, 0.717) is 35.1 Å². The highest BCUT2D eigenvalue weighted by atomic mass is 32.1. The number of rotatable bonds is 6. The van der Waals surface area contributed by atoms with Crippen LogP contribution in [0.25, 0.3) is 6.08 Å². The molecule has 7 nitrogen and oxygen atoms in total. The summed E-state index contributed by atoms with van der Waals surface area (Å²) in [4.78, 5) is 26.8. The van der Waals surface area contributed by atoms with E-state index >= 15 is 0 Å². The van der Waals surface area contributed by atoms with Crippen LogP contribution >= 0.6 is 12.2 Å². The van der Waals surface area contributed by atoms with Crippen LogP contribution in [0.15, 0.2) is 48.0 Å². The number of nitrogens with one attached hydrogen (secondary N) is 1. The number of nitrogens with zero attached hydrogens (tertiary/aromatic N) is 1. The zero-order valence-corrected chi connectivity index (χ0v) is 17.0. The van der Waals surface area contributed by atoms with E-state index in [9.17, 15) is 9.59 Å². The first-order chi connectivity index (χ1) is 14.0. The fraction of sp³-hybridized carbons (Fsp3) is 0.190. The molecule has 2 amide bonds. The highest BCUT2D eigenvalue weighted by Crippen LogP contribution is 2.30. The molecule has 0 saturated carbocycles. The van der Waals surface area contributed by atoms with Crippen molar-refractivity contribution in [3.8, 4) is 17.2 Å². The van der Waals surface area contributed by atoms with Crippen LogP contribution in [0, 0.1) is 0 Å². The van der Waals surface area contributed by atoms with Gasteiger partial charge in [-0.2, -0.15) is 0 Å². The summed E-state index contributed by atoms with van der Waals surface area (Å²) in [5.41, 5.74) is 1.06. The van der Waals surface area contributed by atoms with Gasteiger partial charge in [-0.15, -0.1) is 0 Å². The van der Waals surface area contributed by atoms with Gasteiger partial charge in [-0.25, -0.2) is 0 Å². The van der Waals surface area contributed by atoms with E-state index in [0.717, 1.165) is 0 Å². The monoisotopic (exact) mass is 412 g/mol. The van der Waals surface area contributed by atoms with Crippen molar-refractivity contribution in [1.29, 1.82) is 0 Å². The molecule has 3 rings (SSSR count). The summed E-state index contributed by atoms with van der Waals surface area (Å²) in [7, 11) is 3.04. The molecule has 1 N–H and O–H groups in total. The zero-order chi connectivity index (χ0) is 21.0. The highest BCUT2D eigenvalue weighted by molar-refractivity contribution is 7.80. The van der Waals surface area contributed by atoms with Crippen molar-refractivity contribution in [2.75, 3.05) is 25.7 Å². The van der Waals surface area contributed by atoms with Crippen molar-refractivity contribution in [3.05, 3.63) is 53.6 Å². The third-order valence-corrected chi connectivity index (χ3v) is 4.49. The van der Waals surface area contributed by atoms with Gasteiger partial charge in [0.05, 0.1) is 26.5 Å². The summed E-state index contributed by atoms with van der Waals surface area (Å²) in [6.45, 7) is 2.36. The molecule has 0 unspecified atom stereocenters. The molecule has 150 valence electrons. The second kappa shape index (κ2) is 8.74. The summed E-state index contributed by atoms with van der Waals surface area (Å²) in [5.74, 6) is 0.545. The van der Waals surface area contributed by atoms with Crippen LogP contribution in [-0.2, 0) is 9.59 Å². The summed E-state index contributed by atoms with van der Waals surface area (Å²) < 4.78 is 16.0. The van der Waals surface area contributed by atoms with Crippen LogP contribution in [0.2, 0.25) is 0 Å². The van der Waals surface area contributed by atoms with E-state index in [2.05, 4.69) is 5.32 Å². The number of ether oxygens (including phenoxy) is 3. The number of hydrogen-bond donors (Lipinski definition) is 1. The third-order valence-electron chi connectivity index (χ3n) is 4.21. The van der Waals surface area contributed by atoms with E-state index in [-0.39, 0.29) is 10.7 Å². The van der Waals surface area contributed by atoms with Gasteiger partial charge < -0.3 is 14.2 Å². The van der Waals surface area contributed by atoms with Gasteiger partial charge in [0.2, 0.25) is 0 Å². The first-order valence-corrected chi connectivity index (χ1v) is 9.25. The molecule has 0 bridgehead atoms. The lowest BCUT2D eigenvalue weighted by atomic mass is 10.1. The lowest BCUT2D eigenvalue weighted by Crippen LogP contribution is -2.54. The molecule has 1 heterocycles. The largest absolute Gasteiger partial charge is 0.494 e. The number of hydrogen-bond acceptors (Lipinski definition) is 6. The van der Waals surface area contributed by atoms with Crippen LogP contribution in [0.3, 0.4) is 0 Å². The summed E-state index contributed by atoms with van der Waals surface area (Å²) in [5, 5.41) is 2.58. The standard InChI is InChI=1S/C21H20N2O5S/c1-4-28-15-7-5-6-14(12-15)23-20(25)16(19(24)22-21(23)29)10-13-8-9-17(26-2)18(11-13)27-3/h5-12H,4H2,1-3H3,(H,22,24,29)/b16-10+. The number of amides is 2. The molecule has 2 aromatic carbocycles. The van der Waals surface area contributed by atoms with Crippen LogP contribution in [0.4, 0.5) is 5.69 Å². The number of thiocarbonyl (C=S) groups is 1. The SMILES string of the molecule is CCOc1cccc(N2C(=O)/C(=C/c3ccc(OC)c(OC)c3)C(=O)NC2=S)c1. The molecular formula is C21H20N2O5S. The average molecular weight is 412 g/mol. The fourth-order valence-corrected chi connectivity index (χ4v) is 3.16. The Morgan fingerprint density at radius 2 is 1.83 bits per heavy atom. The zero-order valence-electron chi connectivity index (χ0n) is 16.2. The molecule has 0 spiro atoms. The van der Waals surface area contributed by atoms with Crippen LogP contribution in [0.5, 0.6) is 17.2 Å². The van der Waals surface area contributed by atoms with Gasteiger partial charge in [0.25, 0.3) is 11.8 Å². The Morgan fingerprint density at radius 3 is 2.52 bits per heavy atom. The molecule has 0 aliphatic carbocycles. The number of carbonyl (C=O) groups is 2.